The fourth-order valence-corrected chi connectivity index (χ4v) is 6.97. The van der Waals surface area contributed by atoms with Gasteiger partial charge in [-0.25, -0.2) is 0 Å². The Morgan fingerprint density at radius 1 is 1.05 bits per heavy atom. The molecule has 2 unspecified atom stereocenters. The van der Waals surface area contributed by atoms with Crippen LogP contribution in [0.15, 0.2) is 0 Å². The molecule has 0 saturated carbocycles. The van der Waals surface area contributed by atoms with E-state index in [0.29, 0.717) is 6.04 Å². The maximum atomic E-state index is 12.6. The minimum Gasteiger partial charge on any atom is -0.519 e. The van der Waals surface area contributed by atoms with Crippen LogP contribution in [0, 0.1) is 0 Å². The first-order valence-electron chi connectivity index (χ1n) is 7.96. The van der Waals surface area contributed by atoms with Crippen molar-refractivity contribution in [1.82, 2.24) is 9.55 Å². The first-order valence-corrected chi connectivity index (χ1v) is 18.3. The minimum absolute atomic E-state index is 0.0106. The lowest BCUT2D eigenvalue weighted by atomic mass is 10.2. The van der Waals surface area contributed by atoms with E-state index < -0.39 is 24.8 Å². The Bertz CT molecular complexity index is 383. The first kappa shape index (κ1) is 19.1. The third-order valence-electron chi connectivity index (χ3n) is 3.48. The van der Waals surface area contributed by atoms with E-state index in [1.807, 2.05) is 0 Å². The van der Waals surface area contributed by atoms with Gasteiger partial charge in [0, 0.05) is 12.6 Å². The van der Waals surface area contributed by atoms with Crippen LogP contribution in [0.25, 0.3) is 0 Å². The highest BCUT2D eigenvalue weighted by atomic mass is 28.4. The summed E-state index contributed by atoms with van der Waals surface area (Å²) in [5.74, 6) is 0.0106. The zero-order valence-electron chi connectivity index (χ0n) is 15.3. The van der Waals surface area contributed by atoms with E-state index in [-0.39, 0.29) is 12.0 Å². The van der Waals surface area contributed by atoms with Crippen LogP contribution in [0.1, 0.15) is 6.42 Å². The summed E-state index contributed by atoms with van der Waals surface area (Å²) >= 11 is 0. The van der Waals surface area contributed by atoms with Crippen LogP contribution in [0.2, 0.25) is 58.9 Å². The molecule has 0 aromatic rings. The van der Waals surface area contributed by atoms with E-state index in [2.05, 4.69) is 68.5 Å². The second kappa shape index (κ2) is 6.27. The number of hydrogen-bond donors (Lipinski definition) is 1. The molecule has 1 saturated heterocycles. The van der Waals surface area contributed by atoms with Gasteiger partial charge in [0.05, 0.1) is 0 Å². The Morgan fingerprint density at radius 2 is 1.57 bits per heavy atom. The van der Waals surface area contributed by atoms with Crippen LogP contribution in [0.5, 0.6) is 0 Å². The molecule has 7 heteroatoms. The third-order valence-corrected chi connectivity index (χ3v) is 7.78. The molecular weight excluding hydrogens is 312 g/mol. The molecule has 0 bridgehead atoms. The van der Waals surface area contributed by atoms with Crippen LogP contribution in [0.3, 0.4) is 0 Å². The predicted molar refractivity (Wildman–Crippen MR) is 98.2 cm³/mol. The van der Waals surface area contributed by atoms with Crippen molar-refractivity contribution in [2.45, 2.75) is 77.4 Å². The number of rotatable bonds is 5. The standard InChI is InChI=1S/C14H34N2O2Si3/c1-19(2,3)15-12-10-13(14(17)18-21(7,8)9)16(11-12)20(4,5)6/h12-13,15H,10-11H2,1-9H3. The second-order valence-electron chi connectivity index (χ2n) is 9.20. The molecule has 124 valence electrons. The van der Waals surface area contributed by atoms with E-state index in [4.69, 9.17) is 4.43 Å². The first-order chi connectivity index (χ1) is 9.19. The van der Waals surface area contributed by atoms with Gasteiger partial charge in [-0.3, -0.25) is 4.79 Å². The smallest absolute Gasteiger partial charge is 0.309 e. The number of carbonyl (C=O) groups is 1. The third kappa shape index (κ3) is 6.35. The Balaban J connectivity index is 2.86. The number of nitrogens with zero attached hydrogens (tertiary/aromatic N) is 1. The van der Waals surface area contributed by atoms with Gasteiger partial charge in [-0.05, 0) is 26.1 Å². The van der Waals surface area contributed by atoms with E-state index in [1.54, 1.807) is 0 Å². The normalized spacial score (nSPS) is 25.2. The van der Waals surface area contributed by atoms with Crippen molar-refractivity contribution in [3.8, 4) is 0 Å². The fourth-order valence-electron chi connectivity index (χ4n) is 2.89. The Hall–Kier alpha value is 0.0406. The molecule has 0 aromatic heterocycles. The lowest BCUT2D eigenvalue weighted by Gasteiger charge is -2.35. The van der Waals surface area contributed by atoms with E-state index >= 15 is 0 Å². The summed E-state index contributed by atoms with van der Waals surface area (Å²) in [6.45, 7) is 21.1. The topological polar surface area (TPSA) is 41.6 Å². The lowest BCUT2D eigenvalue weighted by molar-refractivity contribution is -0.138. The number of carbonyl (C=O) groups excluding carboxylic acids is 1. The van der Waals surface area contributed by atoms with Crippen molar-refractivity contribution in [2.75, 3.05) is 6.54 Å². The average molecular weight is 347 g/mol. The quantitative estimate of drug-likeness (QED) is 0.777. The molecule has 0 radical (unpaired) electrons. The van der Waals surface area contributed by atoms with Crippen LogP contribution in [-0.4, -0.2) is 54.0 Å². The van der Waals surface area contributed by atoms with Crippen molar-refractivity contribution >= 4 is 30.8 Å². The molecule has 0 spiro atoms. The van der Waals surface area contributed by atoms with Crippen LogP contribution < -0.4 is 4.98 Å². The van der Waals surface area contributed by atoms with Crippen LogP contribution >= 0.6 is 0 Å². The zero-order chi connectivity index (χ0) is 16.6. The van der Waals surface area contributed by atoms with E-state index in [9.17, 15) is 4.79 Å². The Labute approximate surface area is 133 Å². The summed E-state index contributed by atoms with van der Waals surface area (Å²) in [7, 11) is -4.66. The highest BCUT2D eigenvalue weighted by molar-refractivity contribution is 6.74. The maximum Gasteiger partial charge on any atom is 0.309 e. The van der Waals surface area contributed by atoms with Crippen molar-refractivity contribution in [3.05, 3.63) is 0 Å². The Kier molecular flexibility index (Phi) is 5.70. The van der Waals surface area contributed by atoms with Crippen molar-refractivity contribution < 1.29 is 9.22 Å². The monoisotopic (exact) mass is 346 g/mol. The predicted octanol–water partition coefficient (Wildman–Crippen LogP) is 3.07. The van der Waals surface area contributed by atoms with Gasteiger partial charge in [0.15, 0.2) is 0 Å². The molecule has 21 heavy (non-hydrogen) atoms. The molecule has 1 rings (SSSR count). The minimum atomic E-state index is -1.82. The average Bonchev–Trinajstić information content (AvgIpc) is 2.55. The molecule has 0 aliphatic carbocycles. The van der Waals surface area contributed by atoms with Gasteiger partial charge < -0.3 is 14.0 Å². The zero-order valence-corrected chi connectivity index (χ0v) is 18.3. The van der Waals surface area contributed by atoms with E-state index in [0.717, 1.165) is 13.0 Å². The van der Waals surface area contributed by atoms with Gasteiger partial charge in [-0.15, -0.1) is 0 Å². The second-order valence-corrected chi connectivity index (χ2v) is 23.3. The van der Waals surface area contributed by atoms with Crippen LogP contribution in [0.4, 0.5) is 0 Å². The van der Waals surface area contributed by atoms with Gasteiger partial charge in [0.2, 0.25) is 8.32 Å². The maximum absolute atomic E-state index is 12.6. The van der Waals surface area contributed by atoms with Gasteiger partial charge in [0.25, 0.3) is 0 Å². The summed E-state index contributed by atoms with van der Waals surface area (Å²) in [6.07, 6.45) is 0.901. The van der Waals surface area contributed by atoms with Crippen molar-refractivity contribution in [3.63, 3.8) is 0 Å². The summed E-state index contributed by atoms with van der Waals surface area (Å²) in [5, 5.41) is 0. The largest absolute Gasteiger partial charge is 0.519 e. The molecule has 1 N–H and O–H groups in total. The molecule has 1 fully saturated rings. The number of nitrogens with one attached hydrogen (secondary N) is 1. The van der Waals surface area contributed by atoms with E-state index in [1.165, 1.54) is 0 Å². The molecular formula is C14H34N2O2Si3. The summed E-state index contributed by atoms with van der Waals surface area (Å²) < 4.78 is 8.24. The molecule has 1 aliphatic rings. The molecule has 1 aliphatic heterocycles. The molecule has 4 nitrogen and oxygen atoms in total. The van der Waals surface area contributed by atoms with Gasteiger partial charge in [-0.2, -0.15) is 0 Å². The van der Waals surface area contributed by atoms with Gasteiger partial charge in [-0.1, -0.05) is 39.3 Å². The summed E-state index contributed by atoms with van der Waals surface area (Å²) in [6, 6.07) is 0.389. The lowest BCUT2D eigenvalue weighted by Crippen LogP contribution is -2.54. The molecule has 0 aromatic carbocycles. The fraction of sp³-hybridized carbons (Fsp3) is 0.929. The highest BCUT2D eigenvalue weighted by Crippen LogP contribution is 2.27. The van der Waals surface area contributed by atoms with Crippen molar-refractivity contribution in [2.24, 2.45) is 0 Å². The van der Waals surface area contributed by atoms with Crippen molar-refractivity contribution in [1.29, 1.82) is 0 Å². The van der Waals surface area contributed by atoms with Crippen LogP contribution in [-0.2, 0) is 9.22 Å². The van der Waals surface area contributed by atoms with Gasteiger partial charge >= 0.3 is 5.97 Å². The highest BCUT2D eigenvalue weighted by Gasteiger charge is 2.44. The molecule has 1 heterocycles. The summed E-state index contributed by atoms with van der Waals surface area (Å²) in [4.78, 5) is 16.4. The SMILES string of the molecule is C[Si](C)(C)NC1CC(C(=O)O[Si](C)(C)C)N([Si](C)(C)C)C1. The molecule has 0 amide bonds. The van der Waals surface area contributed by atoms with Gasteiger partial charge in [0.1, 0.15) is 22.5 Å². The number of hydrogen-bond acceptors (Lipinski definition) is 4. The Morgan fingerprint density at radius 3 is 1.95 bits per heavy atom. The summed E-state index contributed by atoms with van der Waals surface area (Å²) in [5.41, 5.74) is 0. The molecule has 2 atom stereocenters.